The maximum Gasteiger partial charge on any atom is 0.0327 e. The Labute approximate surface area is 340 Å². The van der Waals surface area contributed by atoms with E-state index in [1.165, 1.54) is 71.6 Å². The summed E-state index contributed by atoms with van der Waals surface area (Å²) in [4.78, 5) is 0. The highest BCUT2D eigenvalue weighted by Gasteiger charge is 2.19. The largest absolute Gasteiger partial charge is 0.0622 e. The Morgan fingerprint density at radius 1 is 0.224 bits per heavy atom. The molecular formula is C58H38. The molecule has 0 aliphatic rings. The van der Waals surface area contributed by atoms with E-state index in [0.29, 0.717) is 0 Å². The van der Waals surface area contributed by atoms with Gasteiger partial charge in [0.25, 0.3) is 0 Å². The van der Waals surface area contributed by atoms with Crippen molar-refractivity contribution in [2.24, 2.45) is 0 Å². The maximum absolute atomic E-state index is 3.56. The number of hydrogen-bond donors (Lipinski definition) is 0. The Kier molecular flexibility index (Phi) is 9.24. The number of fused-ring (bicyclic) bond motifs is 2. The second-order valence-corrected chi connectivity index (χ2v) is 14.7. The average Bonchev–Trinajstić information content (AvgIpc) is 3.31. The van der Waals surface area contributed by atoms with Crippen molar-refractivity contribution in [2.75, 3.05) is 0 Å². The van der Waals surface area contributed by atoms with E-state index < -0.39 is 0 Å². The summed E-state index contributed by atoms with van der Waals surface area (Å²) in [6.07, 6.45) is 0. The molecule has 0 unspecified atom stereocenters. The van der Waals surface area contributed by atoms with E-state index >= 15 is 0 Å². The Bertz CT molecular complexity index is 3100. The van der Waals surface area contributed by atoms with Crippen LogP contribution in [0.4, 0.5) is 0 Å². The monoisotopic (exact) mass is 734 g/mol. The lowest BCUT2D eigenvalue weighted by molar-refractivity contribution is 1.56. The second-order valence-electron chi connectivity index (χ2n) is 14.7. The van der Waals surface area contributed by atoms with Crippen LogP contribution in [0.2, 0.25) is 0 Å². The normalized spacial score (nSPS) is 11.0. The zero-order valence-corrected chi connectivity index (χ0v) is 31.9. The molecule has 0 aromatic heterocycles. The van der Waals surface area contributed by atoms with Gasteiger partial charge in [0.1, 0.15) is 0 Å². The van der Waals surface area contributed by atoms with E-state index in [0.717, 1.165) is 27.8 Å². The molecule has 58 heavy (non-hydrogen) atoms. The lowest BCUT2D eigenvalue weighted by Crippen LogP contribution is -1.93. The van der Waals surface area contributed by atoms with Gasteiger partial charge in [-0.1, -0.05) is 212 Å². The van der Waals surface area contributed by atoms with E-state index in [9.17, 15) is 0 Å². The number of rotatable bonds is 6. The molecule has 0 heteroatoms. The minimum absolute atomic E-state index is 0.995. The molecule has 10 aromatic carbocycles. The Balaban J connectivity index is 1.22. The quantitative estimate of drug-likeness (QED) is 0.118. The van der Waals surface area contributed by atoms with Crippen LogP contribution in [0.3, 0.4) is 0 Å². The van der Waals surface area contributed by atoms with Crippen molar-refractivity contribution < 1.29 is 0 Å². The fourth-order valence-electron chi connectivity index (χ4n) is 8.25. The van der Waals surface area contributed by atoms with Crippen LogP contribution in [0.5, 0.6) is 0 Å². The summed E-state index contributed by atoms with van der Waals surface area (Å²) < 4.78 is 0. The first-order valence-corrected chi connectivity index (χ1v) is 19.8. The SMILES string of the molecule is C(#Cc1ccc(-c2ccccc2)cc1-c1ccc2c(-c3ccc(-c4ccccc4)cc3)c3ccccc3c(-c3ccc(-c4ccccc4)cc3)c2c1)c1ccccc1. The molecule has 10 aromatic rings. The average molecular weight is 735 g/mol. The summed E-state index contributed by atoms with van der Waals surface area (Å²) in [7, 11) is 0. The van der Waals surface area contributed by atoms with Gasteiger partial charge >= 0.3 is 0 Å². The lowest BCUT2D eigenvalue weighted by Gasteiger charge is -2.19. The highest BCUT2D eigenvalue weighted by atomic mass is 14.2. The molecule has 0 atom stereocenters. The van der Waals surface area contributed by atoms with Crippen LogP contribution in [-0.4, -0.2) is 0 Å². The van der Waals surface area contributed by atoms with Crippen molar-refractivity contribution in [3.05, 3.63) is 242 Å². The third-order valence-corrected chi connectivity index (χ3v) is 11.1. The zero-order valence-electron chi connectivity index (χ0n) is 31.9. The topological polar surface area (TPSA) is 0 Å². The van der Waals surface area contributed by atoms with Crippen LogP contribution in [0.25, 0.3) is 88.3 Å². The molecule has 10 rings (SSSR count). The molecule has 270 valence electrons. The molecule has 0 aliphatic carbocycles. The summed E-state index contributed by atoms with van der Waals surface area (Å²) >= 11 is 0. The second kappa shape index (κ2) is 15.4. The highest BCUT2D eigenvalue weighted by Crippen LogP contribution is 2.46. The van der Waals surface area contributed by atoms with Crippen molar-refractivity contribution in [3.63, 3.8) is 0 Å². The molecule has 0 heterocycles. The van der Waals surface area contributed by atoms with Gasteiger partial charge in [0.15, 0.2) is 0 Å². The van der Waals surface area contributed by atoms with Crippen LogP contribution in [-0.2, 0) is 0 Å². The van der Waals surface area contributed by atoms with Gasteiger partial charge in [-0.3, -0.25) is 0 Å². The molecule has 0 radical (unpaired) electrons. The molecule has 0 N–H and O–H groups in total. The molecule has 0 bridgehead atoms. The predicted octanol–water partition coefficient (Wildman–Crippen LogP) is 15.4. The summed E-state index contributed by atoms with van der Waals surface area (Å²) in [5, 5.41) is 4.88. The summed E-state index contributed by atoms with van der Waals surface area (Å²) in [6, 6.07) is 82.9. The maximum atomic E-state index is 3.56. The molecule has 0 nitrogen and oxygen atoms in total. The van der Waals surface area contributed by atoms with Crippen LogP contribution in [0.15, 0.2) is 231 Å². The summed E-state index contributed by atoms with van der Waals surface area (Å²) in [5.41, 5.74) is 16.3. The van der Waals surface area contributed by atoms with Gasteiger partial charge in [-0.2, -0.15) is 0 Å². The number of benzene rings is 10. The first-order chi connectivity index (χ1) is 28.8. The van der Waals surface area contributed by atoms with Gasteiger partial charge < -0.3 is 0 Å². The van der Waals surface area contributed by atoms with Crippen LogP contribution < -0.4 is 0 Å². The van der Waals surface area contributed by atoms with Gasteiger partial charge in [-0.15, -0.1) is 0 Å². The highest BCUT2D eigenvalue weighted by molar-refractivity contribution is 6.22. The van der Waals surface area contributed by atoms with Crippen molar-refractivity contribution in [1.82, 2.24) is 0 Å². The van der Waals surface area contributed by atoms with E-state index in [4.69, 9.17) is 0 Å². The van der Waals surface area contributed by atoms with Gasteiger partial charge in [0.05, 0.1) is 0 Å². The van der Waals surface area contributed by atoms with Crippen molar-refractivity contribution in [1.29, 1.82) is 0 Å². The third kappa shape index (κ3) is 6.77. The van der Waals surface area contributed by atoms with E-state index in [-0.39, 0.29) is 0 Å². The molecule has 0 saturated heterocycles. The van der Waals surface area contributed by atoms with E-state index in [1.807, 2.05) is 18.2 Å². The van der Waals surface area contributed by atoms with Crippen LogP contribution >= 0.6 is 0 Å². The lowest BCUT2D eigenvalue weighted by atomic mass is 9.84. The molecule has 0 saturated carbocycles. The minimum atomic E-state index is 0.995. The molecule has 0 amide bonds. The molecular weight excluding hydrogens is 697 g/mol. The van der Waals surface area contributed by atoms with Crippen molar-refractivity contribution in [3.8, 4) is 78.6 Å². The zero-order chi connectivity index (χ0) is 38.7. The fourth-order valence-corrected chi connectivity index (χ4v) is 8.25. The molecule has 0 spiro atoms. The molecule has 0 aliphatic heterocycles. The fraction of sp³-hybridized carbons (Fsp3) is 0. The minimum Gasteiger partial charge on any atom is -0.0622 e. The Morgan fingerprint density at radius 3 is 1.14 bits per heavy atom. The Hall–Kier alpha value is -7.72. The third-order valence-electron chi connectivity index (χ3n) is 11.1. The smallest absolute Gasteiger partial charge is 0.0327 e. The van der Waals surface area contributed by atoms with Gasteiger partial charge in [0, 0.05) is 11.1 Å². The standard InChI is InChI=1S/C58H38/c1-5-15-41(16-6-1)25-26-47-31-36-50(44-21-11-4-12-22-44)39-55(47)51-37-38-54-56(40-51)58(49-34-29-46(30-35-49)43-19-9-3-10-20-43)53-24-14-13-23-52(53)57(54)48-32-27-45(28-33-48)42-17-7-2-8-18-42/h1-24,27-40H. The van der Waals surface area contributed by atoms with Gasteiger partial charge in [0.2, 0.25) is 0 Å². The van der Waals surface area contributed by atoms with Crippen molar-refractivity contribution >= 4 is 21.5 Å². The first kappa shape index (κ1) is 34.7. The van der Waals surface area contributed by atoms with Crippen molar-refractivity contribution in [2.45, 2.75) is 0 Å². The predicted molar refractivity (Wildman–Crippen MR) is 246 cm³/mol. The number of hydrogen-bond acceptors (Lipinski definition) is 0. The van der Waals surface area contributed by atoms with Crippen LogP contribution in [0, 0.1) is 11.8 Å². The first-order valence-electron chi connectivity index (χ1n) is 19.8. The molecule has 0 fully saturated rings. The Morgan fingerprint density at radius 2 is 0.603 bits per heavy atom. The van der Waals surface area contributed by atoms with Gasteiger partial charge in [-0.25, -0.2) is 0 Å². The summed E-state index contributed by atoms with van der Waals surface area (Å²) in [5.74, 6) is 7.00. The van der Waals surface area contributed by atoms with Crippen LogP contribution in [0.1, 0.15) is 11.1 Å². The van der Waals surface area contributed by atoms with Gasteiger partial charge in [-0.05, 0) is 119 Å². The summed E-state index contributed by atoms with van der Waals surface area (Å²) in [6.45, 7) is 0. The van der Waals surface area contributed by atoms with E-state index in [1.54, 1.807) is 0 Å². The van der Waals surface area contributed by atoms with E-state index in [2.05, 4.69) is 224 Å².